The van der Waals surface area contributed by atoms with Crippen molar-refractivity contribution in [1.82, 2.24) is 0 Å². The third-order valence-electron chi connectivity index (χ3n) is 1.66. The maximum absolute atomic E-state index is 9.46. The van der Waals surface area contributed by atoms with E-state index in [9.17, 15) is 10.2 Å². The van der Waals surface area contributed by atoms with Gasteiger partial charge in [-0.15, -0.1) is 6.58 Å². The highest BCUT2D eigenvalue weighted by Gasteiger charge is 2.07. The lowest BCUT2D eigenvalue weighted by atomic mass is 10.1. The van der Waals surface area contributed by atoms with Crippen molar-refractivity contribution in [1.29, 1.82) is 5.26 Å². The quantitative estimate of drug-likeness (QED) is 0.531. The van der Waals surface area contributed by atoms with Crippen LogP contribution in [0.2, 0.25) is 0 Å². The fraction of sp³-hybridized carbons (Fsp3) is 0.100. The molecule has 1 aromatic rings. The standard InChI is InChI=1S/C10H9NO2/c1-2-3-7-4-9(12)5-8(6-11)10(7)13/h2,4-5,12-13H,1,3H2. The van der Waals surface area contributed by atoms with Gasteiger partial charge >= 0.3 is 0 Å². The van der Waals surface area contributed by atoms with Crippen LogP contribution in [0.3, 0.4) is 0 Å². The second-order valence-corrected chi connectivity index (χ2v) is 2.61. The molecule has 0 saturated heterocycles. The molecule has 0 heterocycles. The highest BCUT2D eigenvalue weighted by molar-refractivity contribution is 5.52. The third kappa shape index (κ3) is 1.79. The number of allylic oxidation sites excluding steroid dienone is 1. The van der Waals surface area contributed by atoms with Crippen molar-refractivity contribution in [3.63, 3.8) is 0 Å². The summed E-state index contributed by atoms with van der Waals surface area (Å²) in [6, 6.07) is 4.43. The minimum Gasteiger partial charge on any atom is -0.508 e. The van der Waals surface area contributed by atoms with Crippen molar-refractivity contribution in [3.8, 4) is 17.6 Å². The largest absolute Gasteiger partial charge is 0.508 e. The molecule has 3 nitrogen and oxygen atoms in total. The number of benzene rings is 1. The Bertz CT molecular complexity index is 377. The van der Waals surface area contributed by atoms with E-state index in [-0.39, 0.29) is 17.1 Å². The number of hydrogen-bond acceptors (Lipinski definition) is 3. The second kappa shape index (κ2) is 3.63. The van der Waals surface area contributed by atoms with E-state index in [0.29, 0.717) is 12.0 Å². The average molecular weight is 175 g/mol. The Morgan fingerprint density at radius 3 is 2.69 bits per heavy atom. The molecule has 0 aromatic heterocycles. The fourth-order valence-corrected chi connectivity index (χ4v) is 1.07. The van der Waals surface area contributed by atoms with Crippen molar-refractivity contribution in [2.45, 2.75) is 6.42 Å². The summed E-state index contributed by atoms with van der Waals surface area (Å²) >= 11 is 0. The van der Waals surface area contributed by atoms with Crippen molar-refractivity contribution in [2.75, 3.05) is 0 Å². The summed E-state index contributed by atoms with van der Waals surface area (Å²) in [6.45, 7) is 3.51. The zero-order chi connectivity index (χ0) is 9.84. The highest BCUT2D eigenvalue weighted by atomic mass is 16.3. The molecule has 0 bridgehead atoms. The van der Waals surface area contributed by atoms with Gasteiger partial charge in [-0.05, 0) is 12.5 Å². The Balaban J connectivity index is 3.28. The molecule has 2 N–H and O–H groups in total. The van der Waals surface area contributed by atoms with Gasteiger partial charge in [0.1, 0.15) is 17.6 Å². The highest BCUT2D eigenvalue weighted by Crippen LogP contribution is 2.27. The van der Waals surface area contributed by atoms with E-state index >= 15 is 0 Å². The molecular weight excluding hydrogens is 166 g/mol. The molecule has 0 spiro atoms. The van der Waals surface area contributed by atoms with Gasteiger partial charge in [-0.25, -0.2) is 0 Å². The maximum atomic E-state index is 9.46. The molecule has 0 unspecified atom stereocenters. The number of aromatic hydroxyl groups is 2. The summed E-state index contributed by atoms with van der Waals surface area (Å²) < 4.78 is 0. The molecule has 0 atom stereocenters. The van der Waals surface area contributed by atoms with Gasteiger partial charge in [0.2, 0.25) is 0 Å². The summed E-state index contributed by atoms with van der Waals surface area (Å²) in [4.78, 5) is 0. The van der Waals surface area contributed by atoms with E-state index in [2.05, 4.69) is 6.58 Å². The Morgan fingerprint density at radius 2 is 2.15 bits per heavy atom. The average Bonchev–Trinajstić information content (AvgIpc) is 2.11. The summed E-state index contributed by atoms with van der Waals surface area (Å²) in [7, 11) is 0. The number of hydrogen-bond donors (Lipinski definition) is 2. The topological polar surface area (TPSA) is 64.2 Å². The summed E-state index contributed by atoms with van der Waals surface area (Å²) in [5.74, 6) is -0.105. The number of nitriles is 1. The van der Waals surface area contributed by atoms with E-state index in [1.807, 2.05) is 0 Å². The SMILES string of the molecule is C=CCc1cc(O)cc(C#N)c1O. The molecule has 3 heteroatoms. The van der Waals surface area contributed by atoms with Crippen LogP contribution in [0.4, 0.5) is 0 Å². The molecule has 66 valence electrons. The van der Waals surface area contributed by atoms with Crippen molar-refractivity contribution >= 4 is 0 Å². The molecule has 0 radical (unpaired) electrons. The van der Waals surface area contributed by atoms with E-state index in [4.69, 9.17) is 5.26 Å². The molecule has 1 rings (SSSR count). The van der Waals surface area contributed by atoms with Crippen molar-refractivity contribution < 1.29 is 10.2 Å². The molecule has 0 aliphatic rings. The van der Waals surface area contributed by atoms with Gasteiger partial charge in [0.05, 0.1) is 5.56 Å². The zero-order valence-corrected chi connectivity index (χ0v) is 6.99. The second-order valence-electron chi connectivity index (χ2n) is 2.61. The lowest BCUT2D eigenvalue weighted by Crippen LogP contribution is -1.86. The van der Waals surface area contributed by atoms with Crippen LogP contribution in [-0.2, 0) is 6.42 Å². The Hall–Kier alpha value is -1.95. The summed E-state index contributed by atoms with van der Waals surface area (Å²) in [5, 5.41) is 27.2. The van der Waals surface area contributed by atoms with E-state index in [1.54, 1.807) is 12.1 Å². The first kappa shape index (κ1) is 9.14. The molecule has 13 heavy (non-hydrogen) atoms. The zero-order valence-electron chi connectivity index (χ0n) is 6.99. The molecule has 0 saturated carbocycles. The number of nitrogens with zero attached hydrogens (tertiary/aromatic N) is 1. The Kier molecular flexibility index (Phi) is 2.56. The van der Waals surface area contributed by atoms with Crippen LogP contribution in [-0.4, -0.2) is 10.2 Å². The first-order valence-corrected chi connectivity index (χ1v) is 3.75. The van der Waals surface area contributed by atoms with Gasteiger partial charge in [0, 0.05) is 11.6 Å². The van der Waals surface area contributed by atoms with Crippen LogP contribution in [0.5, 0.6) is 11.5 Å². The predicted molar refractivity (Wildman–Crippen MR) is 48.4 cm³/mol. The normalized spacial score (nSPS) is 9.15. The number of phenols is 2. The molecule has 1 aromatic carbocycles. The van der Waals surface area contributed by atoms with Gasteiger partial charge in [-0.1, -0.05) is 6.08 Å². The van der Waals surface area contributed by atoms with Crippen LogP contribution >= 0.6 is 0 Å². The van der Waals surface area contributed by atoms with Gasteiger partial charge in [0.25, 0.3) is 0 Å². The minimum atomic E-state index is -0.0831. The van der Waals surface area contributed by atoms with E-state index in [0.717, 1.165) is 0 Å². The van der Waals surface area contributed by atoms with Crippen LogP contribution in [0.1, 0.15) is 11.1 Å². The monoisotopic (exact) mass is 175 g/mol. The lowest BCUT2D eigenvalue weighted by molar-refractivity contribution is 0.454. The lowest BCUT2D eigenvalue weighted by Gasteiger charge is -2.03. The van der Waals surface area contributed by atoms with E-state index in [1.165, 1.54) is 12.1 Å². The van der Waals surface area contributed by atoms with Gasteiger partial charge in [-0.3, -0.25) is 0 Å². The van der Waals surface area contributed by atoms with Crippen molar-refractivity contribution in [2.24, 2.45) is 0 Å². The van der Waals surface area contributed by atoms with Crippen LogP contribution in [0.25, 0.3) is 0 Å². The number of rotatable bonds is 2. The molecule has 0 aliphatic carbocycles. The Labute approximate surface area is 76.2 Å². The molecule has 0 amide bonds. The number of phenolic OH excluding ortho intramolecular Hbond substituents is 2. The Morgan fingerprint density at radius 1 is 1.46 bits per heavy atom. The van der Waals surface area contributed by atoms with Gasteiger partial charge in [-0.2, -0.15) is 5.26 Å². The third-order valence-corrected chi connectivity index (χ3v) is 1.66. The smallest absolute Gasteiger partial charge is 0.137 e. The predicted octanol–water partition coefficient (Wildman–Crippen LogP) is 1.70. The first-order valence-electron chi connectivity index (χ1n) is 3.75. The van der Waals surface area contributed by atoms with Crippen LogP contribution in [0, 0.1) is 11.3 Å². The fourth-order valence-electron chi connectivity index (χ4n) is 1.07. The van der Waals surface area contributed by atoms with E-state index < -0.39 is 0 Å². The molecule has 0 aliphatic heterocycles. The summed E-state index contributed by atoms with van der Waals surface area (Å²) in [6.07, 6.45) is 2.02. The summed E-state index contributed by atoms with van der Waals surface area (Å²) in [5.41, 5.74) is 0.586. The maximum Gasteiger partial charge on any atom is 0.137 e. The first-order chi connectivity index (χ1) is 6.19. The minimum absolute atomic E-state index is 0.0220. The molecule has 0 fully saturated rings. The van der Waals surface area contributed by atoms with Crippen molar-refractivity contribution in [3.05, 3.63) is 35.9 Å². The molecular formula is C10H9NO2. The van der Waals surface area contributed by atoms with Gasteiger partial charge < -0.3 is 10.2 Å². The van der Waals surface area contributed by atoms with Crippen LogP contribution in [0.15, 0.2) is 24.8 Å². The van der Waals surface area contributed by atoms with Crippen LogP contribution < -0.4 is 0 Å². The van der Waals surface area contributed by atoms with Gasteiger partial charge in [0.15, 0.2) is 0 Å².